The van der Waals surface area contributed by atoms with E-state index in [2.05, 4.69) is 21.2 Å². The Morgan fingerprint density at radius 1 is 1.50 bits per heavy atom. The van der Waals surface area contributed by atoms with Crippen LogP contribution in [0, 0.1) is 0 Å². The number of halogens is 1. The predicted molar refractivity (Wildman–Crippen MR) is 92.1 cm³/mol. The van der Waals surface area contributed by atoms with Gasteiger partial charge in [-0.2, -0.15) is 23.5 Å². The third-order valence-electron chi connectivity index (χ3n) is 2.67. The number of rotatable bonds is 4. The van der Waals surface area contributed by atoms with E-state index in [1.165, 1.54) is 17.3 Å². The maximum atomic E-state index is 5.78. The normalized spacial score (nSPS) is 19.5. The van der Waals surface area contributed by atoms with E-state index in [9.17, 15) is 0 Å². The number of anilines is 1. The molecule has 0 amide bonds. The molecular formula is C12H15BrN2S3. The van der Waals surface area contributed by atoms with E-state index in [0.717, 1.165) is 22.3 Å². The molecule has 1 unspecified atom stereocenters. The van der Waals surface area contributed by atoms with Crippen molar-refractivity contribution in [3.63, 3.8) is 0 Å². The van der Waals surface area contributed by atoms with Gasteiger partial charge in [0.05, 0.1) is 0 Å². The SMILES string of the molecule is NC(=S)c1c(Br)cccc1NCC1CSCCS1. The fourth-order valence-electron chi connectivity index (χ4n) is 1.80. The molecule has 1 aliphatic rings. The Morgan fingerprint density at radius 2 is 2.33 bits per heavy atom. The average molecular weight is 363 g/mol. The summed E-state index contributed by atoms with van der Waals surface area (Å²) in [5.41, 5.74) is 7.70. The second-order valence-corrected chi connectivity index (χ2v) is 7.83. The van der Waals surface area contributed by atoms with Gasteiger partial charge in [0.25, 0.3) is 0 Å². The Kier molecular flexibility index (Phi) is 5.66. The summed E-state index contributed by atoms with van der Waals surface area (Å²) < 4.78 is 0.950. The summed E-state index contributed by atoms with van der Waals surface area (Å²) in [5, 5.41) is 4.14. The number of thiocarbonyl (C=S) groups is 1. The Labute approximate surface area is 130 Å². The lowest BCUT2D eigenvalue weighted by Crippen LogP contribution is -2.24. The Bertz CT molecular complexity index is 433. The molecule has 3 N–H and O–H groups in total. The van der Waals surface area contributed by atoms with Crippen molar-refractivity contribution in [2.75, 3.05) is 29.1 Å². The molecule has 0 bridgehead atoms. The fourth-order valence-corrected chi connectivity index (χ4v) is 5.34. The zero-order valence-corrected chi connectivity index (χ0v) is 13.9. The van der Waals surface area contributed by atoms with E-state index in [1.807, 2.05) is 41.7 Å². The molecule has 1 aromatic carbocycles. The number of hydrogen-bond donors (Lipinski definition) is 2. The summed E-state index contributed by atoms with van der Waals surface area (Å²) in [5.74, 6) is 3.74. The lowest BCUT2D eigenvalue weighted by Gasteiger charge is -2.22. The number of benzene rings is 1. The van der Waals surface area contributed by atoms with Crippen LogP contribution < -0.4 is 11.1 Å². The number of thioether (sulfide) groups is 2. The van der Waals surface area contributed by atoms with Crippen LogP contribution in [0.5, 0.6) is 0 Å². The highest BCUT2D eigenvalue weighted by Gasteiger charge is 2.15. The van der Waals surface area contributed by atoms with Crippen molar-refractivity contribution in [1.29, 1.82) is 0 Å². The minimum Gasteiger partial charge on any atom is -0.389 e. The lowest BCUT2D eigenvalue weighted by atomic mass is 10.1. The summed E-state index contributed by atoms with van der Waals surface area (Å²) in [7, 11) is 0. The van der Waals surface area contributed by atoms with Gasteiger partial charge in [-0.1, -0.05) is 18.3 Å². The molecule has 1 atom stereocenters. The molecule has 1 aliphatic heterocycles. The Morgan fingerprint density at radius 3 is 3.00 bits per heavy atom. The molecule has 1 heterocycles. The van der Waals surface area contributed by atoms with Gasteiger partial charge >= 0.3 is 0 Å². The zero-order chi connectivity index (χ0) is 13.0. The first-order valence-electron chi connectivity index (χ1n) is 5.70. The fraction of sp³-hybridized carbons (Fsp3) is 0.417. The lowest BCUT2D eigenvalue weighted by molar-refractivity contribution is 1.00. The third-order valence-corrected chi connectivity index (χ3v) is 6.37. The molecular weight excluding hydrogens is 348 g/mol. The van der Waals surface area contributed by atoms with Crippen LogP contribution in [0.15, 0.2) is 22.7 Å². The van der Waals surface area contributed by atoms with Gasteiger partial charge in [0.2, 0.25) is 0 Å². The third kappa shape index (κ3) is 3.79. The van der Waals surface area contributed by atoms with Crippen LogP contribution in [0.2, 0.25) is 0 Å². The van der Waals surface area contributed by atoms with E-state index < -0.39 is 0 Å². The van der Waals surface area contributed by atoms with Crippen molar-refractivity contribution in [2.24, 2.45) is 5.73 Å². The van der Waals surface area contributed by atoms with Gasteiger partial charge < -0.3 is 11.1 Å². The van der Waals surface area contributed by atoms with E-state index in [-0.39, 0.29) is 0 Å². The molecule has 98 valence electrons. The molecule has 1 aromatic rings. The van der Waals surface area contributed by atoms with Crippen LogP contribution in [0.1, 0.15) is 5.56 Å². The molecule has 0 aliphatic carbocycles. The highest BCUT2D eigenvalue weighted by molar-refractivity contribution is 9.10. The molecule has 0 spiro atoms. The summed E-state index contributed by atoms with van der Waals surface area (Å²) in [6.07, 6.45) is 0. The van der Waals surface area contributed by atoms with Gasteiger partial charge in [0.1, 0.15) is 4.99 Å². The number of nitrogens with two attached hydrogens (primary N) is 1. The monoisotopic (exact) mass is 362 g/mol. The first-order chi connectivity index (χ1) is 8.68. The molecule has 18 heavy (non-hydrogen) atoms. The van der Waals surface area contributed by atoms with Gasteiger partial charge in [0, 0.05) is 44.8 Å². The van der Waals surface area contributed by atoms with E-state index in [0.29, 0.717) is 10.2 Å². The maximum Gasteiger partial charge on any atom is 0.107 e. The van der Waals surface area contributed by atoms with Gasteiger partial charge in [-0.3, -0.25) is 0 Å². The highest BCUT2D eigenvalue weighted by atomic mass is 79.9. The van der Waals surface area contributed by atoms with Crippen LogP contribution in [-0.4, -0.2) is 34.0 Å². The van der Waals surface area contributed by atoms with Crippen molar-refractivity contribution < 1.29 is 0 Å². The largest absolute Gasteiger partial charge is 0.389 e. The second kappa shape index (κ2) is 7.03. The second-order valence-electron chi connectivity index (χ2n) is 3.98. The van der Waals surface area contributed by atoms with Crippen molar-refractivity contribution in [2.45, 2.75) is 5.25 Å². The minimum atomic E-state index is 0.427. The van der Waals surface area contributed by atoms with Gasteiger partial charge in [-0.25, -0.2) is 0 Å². The molecule has 2 rings (SSSR count). The summed E-state index contributed by atoms with van der Waals surface area (Å²) >= 11 is 12.7. The highest BCUT2D eigenvalue weighted by Crippen LogP contribution is 2.27. The summed E-state index contributed by atoms with van der Waals surface area (Å²) in [6, 6.07) is 5.99. The molecule has 1 saturated heterocycles. The van der Waals surface area contributed by atoms with E-state index in [4.69, 9.17) is 18.0 Å². The predicted octanol–water partition coefficient (Wildman–Crippen LogP) is 3.34. The van der Waals surface area contributed by atoms with Crippen molar-refractivity contribution >= 4 is 62.3 Å². The van der Waals surface area contributed by atoms with Crippen LogP contribution >= 0.6 is 51.7 Å². The van der Waals surface area contributed by atoms with Crippen LogP contribution in [0.3, 0.4) is 0 Å². The Hall–Kier alpha value is 0.0900. The molecule has 0 aromatic heterocycles. The van der Waals surface area contributed by atoms with Crippen molar-refractivity contribution in [3.8, 4) is 0 Å². The smallest absolute Gasteiger partial charge is 0.107 e. The minimum absolute atomic E-state index is 0.427. The maximum absolute atomic E-state index is 5.78. The van der Waals surface area contributed by atoms with Gasteiger partial charge in [0.15, 0.2) is 0 Å². The van der Waals surface area contributed by atoms with Gasteiger partial charge in [-0.05, 0) is 28.1 Å². The average Bonchev–Trinajstić information content (AvgIpc) is 2.37. The van der Waals surface area contributed by atoms with E-state index >= 15 is 0 Å². The number of hydrogen-bond acceptors (Lipinski definition) is 4. The van der Waals surface area contributed by atoms with Gasteiger partial charge in [-0.15, -0.1) is 0 Å². The van der Waals surface area contributed by atoms with Crippen LogP contribution in [-0.2, 0) is 0 Å². The summed E-state index contributed by atoms with van der Waals surface area (Å²) in [6.45, 7) is 0.962. The topological polar surface area (TPSA) is 38.0 Å². The van der Waals surface area contributed by atoms with Crippen LogP contribution in [0.25, 0.3) is 0 Å². The molecule has 1 fully saturated rings. The first kappa shape index (κ1) is 14.5. The van der Waals surface area contributed by atoms with Crippen molar-refractivity contribution in [1.82, 2.24) is 0 Å². The molecule has 6 heteroatoms. The Balaban J connectivity index is 2.04. The molecule has 2 nitrogen and oxygen atoms in total. The quantitative estimate of drug-likeness (QED) is 0.803. The zero-order valence-electron chi connectivity index (χ0n) is 9.82. The molecule has 0 radical (unpaired) electrons. The number of nitrogens with one attached hydrogen (secondary N) is 1. The first-order valence-corrected chi connectivity index (χ1v) is 9.10. The summed E-state index contributed by atoms with van der Waals surface area (Å²) in [4.78, 5) is 0.427. The molecule has 0 saturated carbocycles. The standard InChI is InChI=1S/C12H15BrN2S3/c13-9-2-1-3-10(11(9)12(14)16)15-6-8-7-17-4-5-18-8/h1-3,8,15H,4-7H2,(H2,14,16). The van der Waals surface area contributed by atoms with Crippen LogP contribution in [0.4, 0.5) is 5.69 Å². The van der Waals surface area contributed by atoms with Crippen molar-refractivity contribution in [3.05, 3.63) is 28.2 Å². The van der Waals surface area contributed by atoms with E-state index in [1.54, 1.807) is 0 Å².